The van der Waals surface area contributed by atoms with E-state index in [9.17, 15) is 18.8 Å². The van der Waals surface area contributed by atoms with Gasteiger partial charge in [0.15, 0.2) is 5.54 Å². The Morgan fingerprint density at radius 1 is 1.00 bits per heavy atom. The lowest BCUT2D eigenvalue weighted by Gasteiger charge is -2.31. The summed E-state index contributed by atoms with van der Waals surface area (Å²) in [6, 6.07) is 16.8. The molecule has 0 radical (unpaired) electrons. The maximum atomic E-state index is 13.7. The van der Waals surface area contributed by atoms with E-state index in [-0.39, 0.29) is 24.6 Å². The lowest BCUT2D eigenvalue weighted by Crippen LogP contribution is -2.52. The van der Waals surface area contributed by atoms with Crippen LogP contribution in [0.25, 0.3) is 22.0 Å². The number of carbonyl (C=O) groups is 3. The standard InChI is InChI=1S/C26H20FN5O3/c1-31-22-9-5-16(10-18(22)12-28-31)15-2-6-19(7-3-15)26(24(34)29-25(35)30-26)14-32-13-17-4-8-20(27)11-21(17)23(32)33/h2-12H,13-14H2,1H3,(H2,29,30,34,35)/t26-/m0/s1. The molecule has 2 aliphatic heterocycles. The van der Waals surface area contributed by atoms with Gasteiger partial charge in [-0.2, -0.15) is 5.10 Å². The first kappa shape index (κ1) is 21.0. The number of amides is 4. The van der Waals surface area contributed by atoms with Gasteiger partial charge >= 0.3 is 6.03 Å². The second-order valence-corrected chi connectivity index (χ2v) is 8.90. The Hall–Kier alpha value is -4.53. The number of aromatic nitrogens is 2. The predicted molar refractivity (Wildman–Crippen MR) is 126 cm³/mol. The number of fused-ring (bicyclic) bond motifs is 2. The normalized spacial score (nSPS) is 19.3. The molecule has 6 rings (SSSR count). The first-order valence-electron chi connectivity index (χ1n) is 11.1. The molecule has 2 N–H and O–H groups in total. The van der Waals surface area contributed by atoms with Crippen LogP contribution in [-0.4, -0.2) is 39.1 Å². The van der Waals surface area contributed by atoms with E-state index in [1.165, 1.54) is 17.0 Å². The molecule has 8 nitrogen and oxygen atoms in total. The van der Waals surface area contributed by atoms with Gasteiger partial charge in [-0.05, 0) is 46.5 Å². The highest BCUT2D eigenvalue weighted by Crippen LogP contribution is 2.33. The average molecular weight is 469 g/mol. The number of hydrogen-bond donors (Lipinski definition) is 2. The highest BCUT2D eigenvalue weighted by atomic mass is 19.1. The van der Waals surface area contributed by atoms with Crippen LogP contribution in [0.15, 0.2) is 66.9 Å². The Balaban J connectivity index is 1.34. The van der Waals surface area contributed by atoms with Crippen molar-refractivity contribution in [2.45, 2.75) is 12.1 Å². The van der Waals surface area contributed by atoms with Crippen molar-refractivity contribution in [1.29, 1.82) is 0 Å². The van der Waals surface area contributed by atoms with Crippen LogP contribution in [0, 0.1) is 5.82 Å². The van der Waals surface area contributed by atoms with Crippen molar-refractivity contribution >= 4 is 28.7 Å². The van der Waals surface area contributed by atoms with E-state index in [4.69, 9.17) is 0 Å². The molecule has 0 aliphatic carbocycles. The SMILES string of the molecule is Cn1ncc2cc(-c3ccc([C@]4(CN5Cc6ccc(F)cc6C5=O)NC(=O)NC4=O)cc3)ccc21. The first-order chi connectivity index (χ1) is 16.8. The second kappa shape index (κ2) is 7.49. The van der Waals surface area contributed by atoms with Gasteiger partial charge in [0.05, 0.1) is 18.3 Å². The molecule has 3 heterocycles. The summed E-state index contributed by atoms with van der Waals surface area (Å²) < 4.78 is 15.5. The number of urea groups is 1. The summed E-state index contributed by atoms with van der Waals surface area (Å²) in [6.07, 6.45) is 1.80. The molecule has 2 aliphatic rings. The van der Waals surface area contributed by atoms with Gasteiger partial charge in [0.1, 0.15) is 5.82 Å². The van der Waals surface area contributed by atoms with Gasteiger partial charge in [0, 0.05) is 24.5 Å². The van der Waals surface area contributed by atoms with E-state index in [0.29, 0.717) is 11.1 Å². The number of imide groups is 1. The predicted octanol–water partition coefficient (Wildman–Crippen LogP) is 3.07. The van der Waals surface area contributed by atoms with E-state index in [1.807, 2.05) is 37.4 Å². The minimum absolute atomic E-state index is 0.0826. The van der Waals surface area contributed by atoms with Gasteiger partial charge in [-0.1, -0.05) is 36.4 Å². The molecule has 1 fully saturated rings. The summed E-state index contributed by atoms with van der Waals surface area (Å²) in [5.74, 6) is -1.42. The minimum Gasteiger partial charge on any atom is -0.331 e. The molecule has 9 heteroatoms. The third-order valence-electron chi connectivity index (χ3n) is 6.78. The molecule has 0 saturated carbocycles. The number of nitrogens with zero attached hydrogens (tertiary/aromatic N) is 3. The van der Waals surface area contributed by atoms with Crippen molar-refractivity contribution in [2.24, 2.45) is 7.05 Å². The maximum Gasteiger partial charge on any atom is 0.322 e. The monoisotopic (exact) mass is 469 g/mol. The average Bonchev–Trinajstić information content (AvgIpc) is 3.47. The zero-order chi connectivity index (χ0) is 24.3. The fourth-order valence-electron chi connectivity index (χ4n) is 4.94. The molecule has 1 saturated heterocycles. The van der Waals surface area contributed by atoms with Crippen molar-refractivity contribution < 1.29 is 18.8 Å². The van der Waals surface area contributed by atoms with Gasteiger partial charge in [0.2, 0.25) is 0 Å². The highest BCUT2D eigenvalue weighted by molar-refractivity contribution is 6.08. The smallest absolute Gasteiger partial charge is 0.322 e. The van der Waals surface area contributed by atoms with Crippen LogP contribution < -0.4 is 10.6 Å². The van der Waals surface area contributed by atoms with Gasteiger partial charge < -0.3 is 10.2 Å². The highest BCUT2D eigenvalue weighted by Gasteiger charge is 2.50. The van der Waals surface area contributed by atoms with Crippen LogP contribution in [-0.2, 0) is 23.9 Å². The molecule has 4 aromatic rings. The number of hydrogen-bond acceptors (Lipinski definition) is 4. The zero-order valence-electron chi connectivity index (χ0n) is 18.7. The minimum atomic E-state index is -1.46. The molecule has 174 valence electrons. The van der Waals surface area contributed by atoms with Crippen molar-refractivity contribution in [3.8, 4) is 11.1 Å². The molecule has 0 unspecified atom stereocenters. The maximum absolute atomic E-state index is 13.7. The van der Waals surface area contributed by atoms with E-state index >= 15 is 0 Å². The molecule has 3 aromatic carbocycles. The third kappa shape index (κ3) is 3.27. The summed E-state index contributed by atoms with van der Waals surface area (Å²) in [5, 5.41) is 10.3. The number of aryl methyl sites for hydroxylation is 1. The van der Waals surface area contributed by atoms with Crippen LogP contribution >= 0.6 is 0 Å². The van der Waals surface area contributed by atoms with Crippen LogP contribution in [0.4, 0.5) is 9.18 Å². The first-order valence-corrected chi connectivity index (χ1v) is 11.1. The van der Waals surface area contributed by atoms with Gasteiger partial charge in [0.25, 0.3) is 11.8 Å². The molecule has 35 heavy (non-hydrogen) atoms. The quantitative estimate of drug-likeness (QED) is 0.449. The topological polar surface area (TPSA) is 96.3 Å². The molecule has 4 amide bonds. The summed E-state index contributed by atoms with van der Waals surface area (Å²) in [5.41, 5.74) is 2.97. The van der Waals surface area contributed by atoms with E-state index in [1.54, 1.807) is 29.1 Å². The number of rotatable bonds is 4. The number of halogens is 1. The van der Waals surface area contributed by atoms with Crippen molar-refractivity contribution in [1.82, 2.24) is 25.3 Å². The molecule has 0 bridgehead atoms. The lowest BCUT2D eigenvalue weighted by molar-refractivity contribution is -0.124. The summed E-state index contributed by atoms with van der Waals surface area (Å²) >= 11 is 0. The van der Waals surface area contributed by atoms with Crippen LogP contribution in [0.1, 0.15) is 21.5 Å². The Bertz CT molecular complexity index is 1540. The fourth-order valence-corrected chi connectivity index (χ4v) is 4.94. The van der Waals surface area contributed by atoms with E-state index in [0.717, 1.165) is 22.0 Å². The van der Waals surface area contributed by atoms with Crippen molar-refractivity contribution in [2.75, 3.05) is 6.54 Å². The third-order valence-corrected chi connectivity index (χ3v) is 6.78. The Morgan fingerprint density at radius 2 is 1.77 bits per heavy atom. The Morgan fingerprint density at radius 3 is 2.51 bits per heavy atom. The second-order valence-electron chi connectivity index (χ2n) is 8.90. The fraction of sp³-hybridized carbons (Fsp3) is 0.154. The summed E-state index contributed by atoms with van der Waals surface area (Å²) in [6.45, 7) is 0.142. The molecule has 1 aromatic heterocycles. The Labute approximate surface area is 199 Å². The molecular weight excluding hydrogens is 449 g/mol. The van der Waals surface area contributed by atoms with Crippen LogP contribution in [0.3, 0.4) is 0 Å². The lowest BCUT2D eigenvalue weighted by atomic mass is 9.88. The molecular formula is C26H20FN5O3. The van der Waals surface area contributed by atoms with Gasteiger partial charge in [-0.25, -0.2) is 9.18 Å². The Kier molecular flexibility index (Phi) is 4.50. The van der Waals surface area contributed by atoms with E-state index in [2.05, 4.69) is 15.7 Å². The van der Waals surface area contributed by atoms with Crippen LogP contribution in [0.2, 0.25) is 0 Å². The summed E-state index contributed by atoms with van der Waals surface area (Å²) in [4.78, 5) is 39.6. The molecule has 1 atom stereocenters. The van der Waals surface area contributed by atoms with Crippen molar-refractivity contribution in [3.63, 3.8) is 0 Å². The largest absolute Gasteiger partial charge is 0.331 e. The van der Waals surface area contributed by atoms with Crippen LogP contribution in [0.5, 0.6) is 0 Å². The summed E-state index contributed by atoms with van der Waals surface area (Å²) in [7, 11) is 1.89. The van der Waals surface area contributed by atoms with E-state index < -0.39 is 23.3 Å². The zero-order valence-corrected chi connectivity index (χ0v) is 18.7. The number of carbonyl (C=O) groups excluding carboxylic acids is 3. The van der Waals surface area contributed by atoms with Gasteiger partial charge in [-0.15, -0.1) is 0 Å². The number of benzene rings is 3. The van der Waals surface area contributed by atoms with Crippen molar-refractivity contribution in [3.05, 3.63) is 89.4 Å². The van der Waals surface area contributed by atoms with Gasteiger partial charge in [-0.3, -0.25) is 19.6 Å². The number of nitrogens with one attached hydrogen (secondary N) is 2. The molecule has 0 spiro atoms.